The van der Waals surface area contributed by atoms with Crippen LogP contribution in [-0.4, -0.2) is 38.5 Å². The van der Waals surface area contributed by atoms with E-state index in [4.69, 9.17) is 4.74 Å². The minimum atomic E-state index is 0.199. The van der Waals surface area contributed by atoms with Crippen LogP contribution in [0.3, 0.4) is 0 Å². The Morgan fingerprint density at radius 2 is 2.21 bits per heavy atom. The summed E-state index contributed by atoms with van der Waals surface area (Å²) in [7, 11) is 0. The van der Waals surface area contributed by atoms with Gasteiger partial charge < -0.3 is 4.74 Å². The Morgan fingerprint density at radius 3 is 3.12 bits per heavy atom. The van der Waals surface area contributed by atoms with Gasteiger partial charge in [-0.05, 0) is 36.3 Å². The summed E-state index contributed by atoms with van der Waals surface area (Å²) in [6.45, 7) is 1.06. The standard InChI is InChI=1S/C16H18N6OS/c1-2-12(7-13-10(1)8-17-18-13)23-15-4-3-14-19-20-16(22(14)21-15)11-5-6-24-9-11/h3-6,9-10,12-13,17-18H,1-2,7-8H2. The molecule has 2 fully saturated rings. The number of thiophene rings is 1. The molecule has 1 aliphatic carbocycles. The number of hydrogen-bond acceptors (Lipinski definition) is 7. The van der Waals surface area contributed by atoms with Crippen molar-refractivity contribution in [2.45, 2.75) is 31.4 Å². The predicted molar refractivity (Wildman–Crippen MR) is 90.8 cm³/mol. The van der Waals surface area contributed by atoms with Crippen LogP contribution < -0.4 is 15.6 Å². The van der Waals surface area contributed by atoms with E-state index in [0.717, 1.165) is 42.3 Å². The SMILES string of the molecule is c1cc(-c2nnc3ccc(OC4CCC5CNNC5C4)nn23)cs1. The van der Waals surface area contributed by atoms with Crippen molar-refractivity contribution in [1.82, 2.24) is 30.7 Å². The molecule has 3 aromatic heterocycles. The normalized spacial score (nSPS) is 26.6. The molecular weight excluding hydrogens is 324 g/mol. The van der Waals surface area contributed by atoms with Gasteiger partial charge in [0.2, 0.25) is 5.88 Å². The van der Waals surface area contributed by atoms with Crippen molar-refractivity contribution in [2.75, 3.05) is 6.54 Å². The number of nitrogens with zero attached hydrogens (tertiary/aromatic N) is 4. The first-order chi connectivity index (χ1) is 11.9. The fourth-order valence-electron chi connectivity index (χ4n) is 3.62. The molecule has 1 saturated carbocycles. The van der Waals surface area contributed by atoms with Crippen LogP contribution >= 0.6 is 11.3 Å². The maximum Gasteiger partial charge on any atom is 0.232 e. The van der Waals surface area contributed by atoms with Crippen molar-refractivity contribution in [1.29, 1.82) is 0 Å². The molecule has 0 amide bonds. The molecule has 0 radical (unpaired) electrons. The second-order valence-electron chi connectivity index (χ2n) is 6.42. The Kier molecular flexibility index (Phi) is 3.46. The molecule has 8 heteroatoms. The van der Waals surface area contributed by atoms with E-state index < -0.39 is 0 Å². The van der Waals surface area contributed by atoms with Crippen molar-refractivity contribution < 1.29 is 4.74 Å². The highest BCUT2D eigenvalue weighted by molar-refractivity contribution is 7.08. The lowest BCUT2D eigenvalue weighted by Crippen LogP contribution is -2.40. The zero-order valence-corrected chi connectivity index (χ0v) is 13.9. The third kappa shape index (κ3) is 2.47. The van der Waals surface area contributed by atoms with Gasteiger partial charge in [-0.15, -0.1) is 15.3 Å². The van der Waals surface area contributed by atoms with E-state index in [1.807, 2.05) is 29.0 Å². The number of rotatable bonds is 3. The second-order valence-corrected chi connectivity index (χ2v) is 7.20. The average molecular weight is 342 g/mol. The highest BCUT2D eigenvalue weighted by atomic mass is 32.1. The predicted octanol–water partition coefficient (Wildman–Crippen LogP) is 1.88. The van der Waals surface area contributed by atoms with Gasteiger partial charge in [-0.25, -0.2) is 0 Å². The molecule has 2 aliphatic rings. The minimum absolute atomic E-state index is 0.199. The van der Waals surface area contributed by atoms with Crippen LogP contribution in [0.4, 0.5) is 0 Å². The Bertz CT molecular complexity index is 848. The molecule has 2 N–H and O–H groups in total. The first kappa shape index (κ1) is 14.3. The summed E-state index contributed by atoms with van der Waals surface area (Å²) in [4.78, 5) is 0. The van der Waals surface area contributed by atoms with Gasteiger partial charge in [-0.2, -0.15) is 15.9 Å². The molecule has 3 aromatic rings. The van der Waals surface area contributed by atoms with Crippen molar-refractivity contribution in [3.05, 3.63) is 29.0 Å². The van der Waals surface area contributed by atoms with Gasteiger partial charge in [0, 0.05) is 36.0 Å². The first-order valence-electron chi connectivity index (χ1n) is 8.27. The highest BCUT2D eigenvalue weighted by Crippen LogP contribution is 2.29. The minimum Gasteiger partial charge on any atom is -0.473 e. The average Bonchev–Trinajstić information content (AvgIpc) is 3.34. The van der Waals surface area contributed by atoms with Crippen molar-refractivity contribution in [3.63, 3.8) is 0 Å². The van der Waals surface area contributed by atoms with E-state index in [9.17, 15) is 0 Å². The number of aromatic nitrogens is 4. The molecule has 3 unspecified atom stereocenters. The van der Waals surface area contributed by atoms with Gasteiger partial charge in [0.05, 0.1) is 0 Å². The van der Waals surface area contributed by atoms with Gasteiger partial charge in [-0.3, -0.25) is 10.9 Å². The number of hydrazine groups is 1. The number of nitrogens with one attached hydrogen (secondary N) is 2. The number of fused-ring (bicyclic) bond motifs is 2. The van der Waals surface area contributed by atoms with Gasteiger partial charge >= 0.3 is 0 Å². The van der Waals surface area contributed by atoms with E-state index in [1.54, 1.807) is 15.9 Å². The van der Waals surface area contributed by atoms with Crippen LogP contribution in [-0.2, 0) is 0 Å². The molecule has 1 aliphatic heterocycles. The summed E-state index contributed by atoms with van der Waals surface area (Å²) >= 11 is 1.63. The largest absolute Gasteiger partial charge is 0.473 e. The summed E-state index contributed by atoms with van der Waals surface area (Å²) < 4.78 is 7.92. The molecule has 124 valence electrons. The lowest BCUT2D eigenvalue weighted by atomic mass is 9.84. The summed E-state index contributed by atoms with van der Waals surface area (Å²) in [6, 6.07) is 6.32. The van der Waals surface area contributed by atoms with Gasteiger partial charge in [0.15, 0.2) is 11.5 Å². The summed E-state index contributed by atoms with van der Waals surface area (Å²) in [6.07, 6.45) is 3.47. The molecule has 0 spiro atoms. The summed E-state index contributed by atoms with van der Waals surface area (Å²) in [5.74, 6) is 2.11. The molecule has 4 heterocycles. The summed E-state index contributed by atoms with van der Waals surface area (Å²) in [5.41, 5.74) is 8.36. The number of ether oxygens (including phenoxy) is 1. The second kappa shape index (κ2) is 5.80. The van der Waals surface area contributed by atoms with E-state index in [1.165, 1.54) is 6.42 Å². The Morgan fingerprint density at radius 1 is 1.21 bits per heavy atom. The Balaban J connectivity index is 1.40. The fraction of sp³-hybridized carbons (Fsp3) is 0.438. The smallest absolute Gasteiger partial charge is 0.232 e. The van der Waals surface area contributed by atoms with Crippen molar-refractivity contribution >= 4 is 17.0 Å². The van der Waals surface area contributed by atoms with Crippen LogP contribution in [0, 0.1) is 5.92 Å². The van der Waals surface area contributed by atoms with Crippen LogP contribution in [0.15, 0.2) is 29.0 Å². The third-order valence-corrected chi connectivity index (χ3v) is 5.59. The first-order valence-corrected chi connectivity index (χ1v) is 9.21. The van der Waals surface area contributed by atoms with Crippen molar-refractivity contribution in [3.8, 4) is 17.3 Å². The van der Waals surface area contributed by atoms with E-state index in [0.29, 0.717) is 11.9 Å². The van der Waals surface area contributed by atoms with Crippen LogP contribution in [0.5, 0.6) is 5.88 Å². The molecule has 1 saturated heterocycles. The van der Waals surface area contributed by atoms with Crippen LogP contribution in [0.2, 0.25) is 0 Å². The Hall–Kier alpha value is -2.03. The molecule has 0 aromatic carbocycles. The van der Waals surface area contributed by atoms with Gasteiger partial charge in [-0.1, -0.05) is 0 Å². The molecule has 0 bridgehead atoms. The molecule has 5 rings (SSSR count). The topological polar surface area (TPSA) is 76.4 Å². The molecule has 3 atom stereocenters. The van der Waals surface area contributed by atoms with E-state index >= 15 is 0 Å². The zero-order valence-electron chi connectivity index (χ0n) is 13.1. The lowest BCUT2D eigenvalue weighted by Gasteiger charge is -2.30. The fourth-order valence-corrected chi connectivity index (χ4v) is 4.26. The molecule has 24 heavy (non-hydrogen) atoms. The highest BCUT2D eigenvalue weighted by Gasteiger charge is 2.34. The summed E-state index contributed by atoms with van der Waals surface area (Å²) in [5, 5.41) is 17.1. The molecular formula is C16H18N6OS. The molecule has 7 nitrogen and oxygen atoms in total. The monoisotopic (exact) mass is 342 g/mol. The Labute approximate surface area is 143 Å². The van der Waals surface area contributed by atoms with E-state index in [2.05, 4.69) is 26.1 Å². The maximum absolute atomic E-state index is 6.16. The van der Waals surface area contributed by atoms with Gasteiger partial charge in [0.25, 0.3) is 0 Å². The third-order valence-electron chi connectivity index (χ3n) is 4.90. The lowest BCUT2D eigenvalue weighted by molar-refractivity contribution is 0.115. The van der Waals surface area contributed by atoms with Gasteiger partial charge in [0.1, 0.15) is 6.10 Å². The zero-order chi connectivity index (χ0) is 15.9. The van der Waals surface area contributed by atoms with Crippen molar-refractivity contribution in [2.24, 2.45) is 5.92 Å². The van der Waals surface area contributed by atoms with Crippen LogP contribution in [0.25, 0.3) is 17.0 Å². The maximum atomic E-state index is 6.16. The van der Waals surface area contributed by atoms with E-state index in [-0.39, 0.29) is 6.10 Å². The quantitative estimate of drug-likeness (QED) is 0.757. The van der Waals surface area contributed by atoms with Crippen LogP contribution in [0.1, 0.15) is 19.3 Å². The number of hydrogen-bond donors (Lipinski definition) is 2.